The number of aryl methyl sites for hydroxylation is 2. The monoisotopic (exact) mass is 406 g/mol. The number of carbonyl (C=O) groups excluding carboxylic acids is 2. The summed E-state index contributed by atoms with van der Waals surface area (Å²) in [5.74, 6) is -0.227. The number of nitrogens with one attached hydrogen (secondary N) is 1. The normalized spacial score (nSPS) is 20.4. The van der Waals surface area contributed by atoms with Crippen LogP contribution in [0.25, 0.3) is 5.69 Å². The zero-order valence-electron chi connectivity index (χ0n) is 15.9. The zero-order chi connectivity index (χ0) is 20.2. The van der Waals surface area contributed by atoms with E-state index in [1.54, 1.807) is 4.68 Å². The van der Waals surface area contributed by atoms with E-state index in [0.29, 0.717) is 22.8 Å². The Morgan fingerprint density at radius 1 is 1.10 bits per heavy atom. The largest absolute Gasteiger partial charge is 0.325 e. The third kappa shape index (κ3) is 2.59. The van der Waals surface area contributed by atoms with Crippen LogP contribution in [0, 0.1) is 6.92 Å². The molecule has 29 heavy (non-hydrogen) atoms. The molecule has 1 atom stereocenters. The second kappa shape index (κ2) is 6.46. The van der Waals surface area contributed by atoms with E-state index in [0.717, 1.165) is 23.2 Å². The second-order valence-corrected chi connectivity index (χ2v) is 7.84. The number of hydrogen-bond acceptors (Lipinski definition) is 3. The quantitative estimate of drug-likeness (QED) is 0.674. The number of carbonyl (C=O) groups is 2. The first-order valence-corrected chi connectivity index (χ1v) is 9.91. The van der Waals surface area contributed by atoms with E-state index in [1.165, 1.54) is 4.90 Å². The third-order valence-corrected chi connectivity index (χ3v) is 6.25. The summed E-state index contributed by atoms with van der Waals surface area (Å²) in [6.45, 7) is 1.92. The van der Waals surface area contributed by atoms with Crippen LogP contribution >= 0.6 is 11.6 Å². The number of fused-ring (bicyclic) bond motifs is 2. The molecule has 3 amide bonds. The number of halogens is 1. The molecular formula is C22H19ClN4O2. The number of urea groups is 1. The molecule has 1 fully saturated rings. The topological polar surface area (TPSA) is 67.2 Å². The fourth-order valence-electron chi connectivity index (χ4n) is 4.34. The van der Waals surface area contributed by atoms with Crippen LogP contribution in [-0.4, -0.2) is 26.6 Å². The molecule has 1 aromatic heterocycles. The molecule has 6 nitrogen and oxygen atoms in total. The van der Waals surface area contributed by atoms with E-state index in [2.05, 4.69) is 10.4 Å². The first-order chi connectivity index (χ1) is 14.0. The Bertz CT molecular complexity index is 1140. The molecule has 0 unspecified atom stereocenters. The van der Waals surface area contributed by atoms with Crippen molar-refractivity contribution in [2.45, 2.75) is 31.8 Å². The molecule has 2 aliphatic rings. The molecule has 2 aromatic carbocycles. The van der Waals surface area contributed by atoms with E-state index in [4.69, 9.17) is 11.6 Å². The number of imide groups is 1. The summed E-state index contributed by atoms with van der Waals surface area (Å²) in [5.41, 5.74) is 3.21. The molecule has 0 saturated carbocycles. The molecule has 0 radical (unpaired) electrons. The Labute approximate surface area is 173 Å². The average Bonchev–Trinajstić information content (AvgIpc) is 3.33. The van der Waals surface area contributed by atoms with E-state index < -0.39 is 11.6 Å². The number of hydrogen-bond donors (Lipinski definition) is 1. The zero-order valence-corrected chi connectivity index (χ0v) is 16.6. The van der Waals surface area contributed by atoms with Gasteiger partial charge in [0, 0.05) is 5.56 Å². The number of benzene rings is 2. The van der Waals surface area contributed by atoms with Crippen molar-refractivity contribution in [3.8, 4) is 5.69 Å². The Hall–Kier alpha value is -3.12. The van der Waals surface area contributed by atoms with Crippen LogP contribution < -0.4 is 5.32 Å². The lowest BCUT2D eigenvalue weighted by molar-refractivity contribution is -0.132. The van der Waals surface area contributed by atoms with Crippen molar-refractivity contribution in [1.82, 2.24) is 20.0 Å². The van der Waals surface area contributed by atoms with Gasteiger partial charge < -0.3 is 5.32 Å². The summed E-state index contributed by atoms with van der Waals surface area (Å²) >= 11 is 6.60. The van der Waals surface area contributed by atoms with Crippen LogP contribution in [0.5, 0.6) is 0 Å². The number of nitrogens with zero attached hydrogens (tertiary/aromatic N) is 3. The van der Waals surface area contributed by atoms with Gasteiger partial charge in [-0.15, -0.1) is 0 Å². The highest BCUT2D eigenvalue weighted by molar-refractivity contribution is 6.30. The summed E-state index contributed by atoms with van der Waals surface area (Å²) in [6.07, 6.45) is 1.34. The van der Waals surface area contributed by atoms with Crippen molar-refractivity contribution in [3.05, 3.63) is 82.1 Å². The summed E-state index contributed by atoms with van der Waals surface area (Å²) in [6, 6.07) is 16.9. The standard InChI is InChI=1S/C22H19ClN4O2/c1-14-17(19(23)27(25-14)16-8-3-2-4-9-16)13-26-20(28)22(24-21(26)29)12-11-15-7-5-6-10-18(15)22/h2-10H,11-13H2,1H3,(H,24,29)/t22-/m0/s1. The fourth-order valence-corrected chi connectivity index (χ4v) is 4.67. The van der Waals surface area contributed by atoms with Gasteiger partial charge >= 0.3 is 6.03 Å². The minimum Gasteiger partial charge on any atom is -0.319 e. The molecule has 1 aliphatic heterocycles. The molecule has 146 valence electrons. The Morgan fingerprint density at radius 3 is 2.62 bits per heavy atom. The Balaban J connectivity index is 1.49. The van der Waals surface area contributed by atoms with E-state index in [-0.39, 0.29) is 12.5 Å². The summed E-state index contributed by atoms with van der Waals surface area (Å²) < 4.78 is 1.63. The number of amides is 3. The van der Waals surface area contributed by atoms with Gasteiger partial charge in [-0.1, -0.05) is 54.1 Å². The molecule has 5 rings (SSSR count). The SMILES string of the molecule is Cc1nn(-c2ccccc2)c(Cl)c1CN1C(=O)N[C@]2(CCc3ccccc32)C1=O. The molecule has 3 aromatic rings. The van der Waals surface area contributed by atoms with E-state index in [1.807, 2.05) is 61.5 Å². The van der Waals surface area contributed by atoms with E-state index in [9.17, 15) is 9.59 Å². The predicted molar refractivity (Wildman–Crippen MR) is 109 cm³/mol. The lowest BCUT2D eigenvalue weighted by Crippen LogP contribution is -2.41. The minimum absolute atomic E-state index is 0.0894. The fraction of sp³-hybridized carbons (Fsp3) is 0.227. The number of para-hydroxylation sites is 1. The second-order valence-electron chi connectivity index (χ2n) is 7.49. The maximum atomic E-state index is 13.4. The minimum atomic E-state index is -0.969. The van der Waals surface area contributed by atoms with Crippen LogP contribution in [0.1, 0.15) is 28.8 Å². The van der Waals surface area contributed by atoms with Crippen LogP contribution in [-0.2, 0) is 23.3 Å². The Morgan fingerprint density at radius 2 is 1.83 bits per heavy atom. The van der Waals surface area contributed by atoms with Crippen molar-refractivity contribution < 1.29 is 9.59 Å². The first kappa shape index (κ1) is 17.9. The first-order valence-electron chi connectivity index (χ1n) is 9.53. The summed E-state index contributed by atoms with van der Waals surface area (Å²) in [7, 11) is 0. The molecule has 7 heteroatoms. The maximum Gasteiger partial charge on any atom is 0.325 e. The van der Waals surface area contributed by atoms with Crippen molar-refractivity contribution in [2.24, 2.45) is 0 Å². The van der Waals surface area contributed by atoms with Gasteiger partial charge in [0.1, 0.15) is 10.7 Å². The molecule has 1 saturated heterocycles. The lowest BCUT2D eigenvalue weighted by Gasteiger charge is -2.22. The van der Waals surface area contributed by atoms with Gasteiger partial charge in [0.15, 0.2) is 0 Å². The van der Waals surface area contributed by atoms with Crippen LogP contribution in [0.3, 0.4) is 0 Å². The van der Waals surface area contributed by atoms with Gasteiger partial charge in [0.25, 0.3) is 5.91 Å². The van der Waals surface area contributed by atoms with Gasteiger partial charge in [0.2, 0.25) is 0 Å². The highest BCUT2D eigenvalue weighted by atomic mass is 35.5. The highest BCUT2D eigenvalue weighted by Crippen LogP contribution is 2.42. The maximum absolute atomic E-state index is 13.4. The molecule has 1 N–H and O–H groups in total. The van der Waals surface area contributed by atoms with Gasteiger partial charge in [0.05, 0.1) is 17.9 Å². The predicted octanol–water partition coefficient (Wildman–Crippen LogP) is 3.73. The van der Waals surface area contributed by atoms with Gasteiger partial charge in [-0.05, 0) is 43.0 Å². The average molecular weight is 407 g/mol. The van der Waals surface area contributed by atoms with Crippen LogP contribution in [0.2, 0.25) is 5.15 Å². The van der Waals surface area contributed by atoms with Crippen molar-refractivity contribution in [3.63, 3.8) is 0 Å². The number of aromatic nitrogens is 2. The molecule has 0 bridgehead atoms. The van der Waals surface area contributed by atoms with Gasteiger partial charge in [-0.25, -0.2) is 9.48 Å². The summed E-state index contributed by atoms with van der Waals surface area (Å²) in [5, 5.41) is 7.87. The van der Waals surface area contributed by atoms with E-state index >= 15 is 0 Å². The molecule has 1 aliphatic carbocycles. The smallest absolute Gasteiger partial charge is 0.319 e. The molecule has 2 heterocycles. The Kier molecular flexibility index (Phi) is 3.99. The van der Waals surface area contributed by atoms with Crippen molar-refractivity contribution >= 4 is 23.5 Å². The van der Waals surface area contributed by atoms with Gasteiger partial charge in [-0.3, -0.25) is 9.69 Å². The summed E-state index contributed by atoms with van der Waals surface area (Å²) in [4.78, 5) is 27.4. The van der Waals surface area contributed by atoms with Gasteiger partial charge in [-0.2, -0.15) is 5.10 Å². The number of rotatable bonds is 3. The lowest BCUT2D eigenvalue weighted by atomic mass is 9.92. The van der Waals surface area contributed by atoms with Crippen molar-refractivity contribution in [2.75, 3.05) is 0 Å². The van der Waals surface area contributed by atoms with Crippen LogP contribution in [0.4, 0.5) is 4.79 Å². The molecular weight excluding hydrogens is 388 g/mol. The third-order valence-electron chi connectivity index (χ3n) is 5.86. The van der Waals surface area contributed by atoms with Crippen molar-refractivity contribution in [1.29, 1.82) is 0 Å². The molecule has 1 spiro atoms. The van der Waals surface area contributed by atoms with Crippen LogP contribution in [0.15, 0.2) is 54.6 Å². The highest BCUT2D eigenvalue weighted by Gasteiger charge is 2.55.